The minimum absolute atomic E-state index is 0.172. The van der Waals surface area contributed by atoms with Crippen molar-refractivity contribution in [2.75, 3.05) is 45.9 Å². The molecule has 0 radical (unpaired) electrons. The molecule has 0 saturated carbocycles. The SMILES string of the molecule is COc1cc(C(=O)NCCc2ccc(N3CCCCC3)cc2)cc(OC)c1OC. The molecule has 1 aliphatic rings. The summed E-state index contributed by atoms with van der Waals surface area (Å²) in [5, 5.41) is 2.96. The summed E-state index contributed by atoms with van der Waals surface area (Å²) < 4.78 is 15.9. The molecule has 0 spiro atoms. The van der Waals surface area contributed by atoms with Gasteiger partial charge in [0.2, 0.25) is 5.75 Å². The molecule has 2 aromatic carbocycles. The van der Waals surface area contributed by atoms with Crippen LogP contribution in [-0.4, -0.2) is 46.9 Å². The summed E-state index contributed by atoms with van der Waals surface area (Å²) in [6, 6.07) is 12.0. The Morgan fingerprint density at radius 3 is 2.10 bits per heavy atom. The maximum Gasteiger partial charge on any atom is 0.251 e. The Morgan fingerprint density at radius 2 is 1.55 bits per heavy atom. The minimum atomic E-state index is -0.172. The molecule has 0 aliphatic carbocycles. The normalized spacial score (nSPS) is 13.7. The number of amides is 1. The van der Waals surface area contributed by atoms with Crippen molar-refractivity contribution >= 4 is 11.6 Å². The summed E-state index contributed by atoms with van der Waals surface area (Å²) in [5.74, 6) is 1.23. The molecule has 0 bridgehead atoms. The molecule has 2 aromatic rings. The molecule has 0 aromatic heterocycles. The fraction of sp³-hybridized carbons (Fsp3) is 0.435. The van der Waals surface area contributed by atoms with E-state index in [9.17, 15) is 4.79 Å². The number of nitrogens with zero attached hydrogens (tertiary/aromatic N) is 1. The fourth-order valence-electron chi connectivity index (χ4n) is 3.66. The average Bonchev–Trinajstić information content (AvgIpc) is 2.78. The topological polar surface area (TPSA) is 60.0 Å². The lowest BCUT2D eigenvalue weighted by atomic mass is 10.1. The largest absolute Gasteiger partial charge is 0.493 e. The second-order valence-corrected chi connectivity index (χ2v) is 7.13. The third-order valence-corrected chi connectivity index (χ3v) is 5.28. The van der Waals surface area contributed by atoms with Crippen LogP contribution in [0.5, 0.6) is 17.2 Å². The van der Waals surface area contributed by atoms with E-state index in [2.05, 4.69) is 34.5 Å². The second kappa shape index (κ2) is 10.0. The molecule has 6 nitrogen and oxygen atoms in total. The number of hydrogen-bond acceptors (Lipinski definition) is 5. The molecule has 0 unspecified atom stereocenters. The number of ether oxygens (including phenoxy) is 3. The van der Waals surface area contributed by atoms with Crippen molar-refractivity contribution in [2.24, 2.45) is 0 Å². The Hall–Kier alpha value is -2.89. The summed E-state index contributed by atoms with van der Waals surface area (Å²) in [5.41, 5.74) is 2.96. The van der Waals surface area contributed by atoms with Crippen molar-refractivity contribution in [1.82, 2.24) is 5.32 Å². The van der Waals surface area contributed by atoms with Crippen LogP contribution >= 0.6 is 0 Å². The van der Waals surface area contributed by atoms with Gasteiger partial charge in [-0.2, -0.15) is 0 Å². The van der Waals surface area contributed by atoms with E-state index >= 15 is 0 Å². The van der Waals surface area contributed by atoms with Gasteiger partial charge < -0.3 is 24.4 Å². The van der Waals surface area contributed by atoms with Crippen molar-refractivity contribution in [1.29, 1.82) is 0 Å². The lowest BCUT2D eigenvalue weighted by Gasteiger charge is -2.28. The van der Waals surface area contributed by atoms with Crippen LogP contribution < -0.4 is 24.4 Å². The van der Waals surface area contributed by atoms with Crippen molar-refractivity contribution in [2.45, 2.75) is 25.7 Å². The molecular weight excluding hydrogens is 368 g/mol. The summed E-state index contributed by atoms with van der Waals surface area (Å²) in [6.07, 6.45) is 4.65. The predicted molar refractivity (Wildman–Crippen MR) is 115 cm³/mol. The third kappa shape index (κ3) is 5.13. The van der Waals surface area contributed by atoms with E-state index in [1.807, 2.05) is 0 Å². The zero-order chi connectivity index (χ0) is 20.6. The van der Waals surface area contributed by atoms with Gasteiger partial charge in [0.05, 0.1) is 21.3 Å². The van der Waals surface area contributed by atoms with Gasteiger partial charge in [-0.05, 0) is 55.5 Å². The van der Waals surface area contributed by atoms with E-state index < -0.39 is 0 Å². The average molecular weight is 399 g/mol. The number of rotatable bonds is 8. The lowest BCUT2D eigenvalue weighted by molar-refractivity contribution is 0.0953. The van der Waals surface area contributed by atoms with Crippen LogP contribution in [0.25, 0.3) is 0 Å². The summed E-state index contributed by atoms with van der Waals surface area (Å²) in [7, 11) is 4.61. The minimum Gasteiger partial charge on any atom is -0.493 e. The molecule has 6 heteroatoms. The predicted octanol–water partition coefficient (Wildman–Crippen LogP) is 3.68. The number of benzene rings is 2. The van der Waals surface area contributed by atoms with Gasteiger partial charge in [-0.25, -0.2) is 0 Å². The van der Waals surface area contributed by atoms with Crippen LogP contribution in [0, 0.1) is 0 Å². The van der Waals surface area contributed by atoms with E-state index in [0.717, 1.165) is 19.5 Å². The summed E-state index contributed by atoms with van der Waals surface area (Å²) in [6.45, 7) is 2.84. The molecule has 1 amide bonds. The maximum absolute atomic E-state index is 12.6. The van der Waals surface area contributed by atoms with Gasteiger partial charge in [0.15, 0.2) is 11.5 Å². The van der Waals surface area contributed by atoms with Crippen molar-refractivity contribution in [3.63, 3.8) is 0 Å². The zero-order valence-corrected chi connectivity index (χ0v) is 17.5. The molecule has 29 heavy (non-hydrogen) atoms. The first-order valence-electron chi connectivity index (χ1n) is 10.1. The van der Waals surface area contributed by atoms with Crippen LogP contribution in [0.1, 0.15) is 35.2 Å². The van der Waals surface area contributed by atoms with Gasteiger partial charge in [-0.3, -0.25) is 4.79 Å². The highest BCUT2D eigenvalue weighted by atomic mass is 16.5. The lowest BCUT2D eigenvalue weighted by Crippen LogP contribution is -2.29. The fourth-order valence-corrected chi connectivity index (χ4v) is 3.66. The highest BCUT2D eigenvalue weighted by Gasteiger charge is 2.17. The number of hydrogen-bond donors (Lipinski definition) is 1. The van der Waals surface area contributed by atoms with E-state index in [-0.39, 0.29) is 5.91 Å². The highest BCUT2D eigenvalue weighted by Crippen LogP contribution is 2.38. The van der Waals surface area contributed by atoms with Crippen LogP contribution in [-0.2, 0) is 6.42 Å². The van der Waals surface area contributed by atoms with E-state index in [1.54, 1.807) is 12.1 Å². The van der Waals surface area contributed by atoms with Gasteiger partial charge in [-0.1, -0.05) is 12.1 Å². The monoisotopic (exact) mass is 398 g/mol. The van der Waals surface area contributed by atoms with E-state index in [0.29, 0.717) is 29.4 Å². The van der Waals surface area contributed by atoms with Gasteiger partial charge in [-0.15, -0.1) is 0 Å². The standard InChI is InChI=1S/C23H30N2O4/c1-27-20-15-18(16-21(28-2)22(20)29-3)23(26)24-12-11-17-7-9-19(10-8-17)25-13-5-4-6-14-25/h7-10,15-16H,4-6,11-14H2,1-3H3,(H,24,26). The molecular formula is C23H30N2O4. The first-order valence-corrected chi connectivity index (χ1v) is 10.1. The Balaban J connectivity index is 1.57. The van der Waals surface area contributed by atoms with Crippen molar-refractivity contribution in [3.8, 4) is 17.2 Å². The second-order valence-electron chi connectivity index (χ2n) is 7.13. The number of anilines is 1. The van der Waals surface area contributed by atoms with Crippen LogP contribution in [0.2, 0.25) is 0 Å². The molecule has 156 valence electrons. The Labute approximate surface area is 172 Å². The Bertz CT molecular complexity index is 789. The number of nitrogens with one attached hydrogen (secondary N) is 1. The maximum atomic E-state index is 12.6. The quantitative estimate of drug-likeness (QED) is 0.735. The molecule has 1 aliphatic heterocycles. The van der Waals surface area contributed by atoms with Crippen molar-refractivity contribution < 1.29 is 19.0 Å². The van der Waals surface area contributed by atoms with Crippen LogP contribution in [0.4, 0.5) is 5.69 Å². The number of carbonyl (C=O) groups is 1. The van der Waals surface area contributed by atoms with E-state index in [4.69, 9.17) is 14.2 Å². The van der Waals surface area contributed by atoms with Crippen LogP contribution in [0.3, 0.4) is 0 Å². The molecule has 1 fully saturated rings. The Kier molecular flexibility index (Phi) is 7.22. The third-order valence-electron chi connectivity index (χ3n) is 5.28. The van der Waals surface area contributed by atoms with Crippen LogP contribution in [0.15, 0.2) is 36.4 Å². The summed E-state index contributed by atoms with van der Waals surface area (Å²) >= 11 is 0. The molecule has 0 atom stereocenters. The van der Waals surface area contributed by atoms with Crippen molar-refractivity contribution in [3.05, 3.63) is 47.5 Å². The van der Waals surface area contributed by atoms with Gasteiger partial charge in [0, 0.05) is 30.9 Å². The number of carbonyl (C=O) groups excluding carboxylic acids is 1. The number of piperidine rings is 1. The van der Waals surface area contributed by atoms with Gasteiger partial charge in [0.1, 0.15) is 0 Å². The van der Waals surface area contributed by atoms with Gasteiger partial charge >= 0.3 is 0 Å². The first kappa shape index (κ1) is 20.8. The number of methoxy groups -OCH3 is 3. The zero-order valence-electron chi connectivity index (χ0n) is 17.5. The van der Waals surface area contributed by atoms with E-state index in [1.165, 1.54) is 51.8 Å². The summed E-state index contributed by atoms with van der Waals surface area (Å²) in [4.78, 5) is 15.0. The smallest absolute Gasteiger partial charge is 0.251 e. The molecule has 1 N–H and O–H groups in total. The first-order chi connectivity index (χ1) is 14.2. The highest BCUT2D eigenvalue weighted by molar-refractivity contribution is 5.95. The van der Waals surface area contributed by atoms with Gasteiger partial charge in [0.25, 0.3) is 5.91 Å². The Morgan fingerprint density at radius 1 is 0.931 bits per heavy atom. The molecule has 1 saturated heterocycles. The molecule has 1 heterocycles. The molecule has 3 rings (SSSR count).